The Labute approximate surface area is 78.0 Å². The first-order valence-corrected chi connectivity index (χ1v) is 4.66. The van der Waals surface area contributed by atoms with Crippen LogP contribution in [0.3, 0.4) is 0 Å². The van der Waals surface area contributed by atoms with Crippen molar-refractivity contribution < 1.29 is 5.11 Å². The molecular weight excluding hydrogens is 164 g/mol. The van der Waals surface area contributed by atoms with Gasteiger partial charge in [-0.15, -0.1) is 0 Å². The molecule has 70 valence electrons. The summed E-state index contributed by atoms with van der Waals surface area (Å²) in [5, 5.41) is 8.70. The molecule has 2 heterocycles. The van der Waals surface area contributed by atoms with E-state index in [0.29, 0.717) is 0 Å². The van der Waals surface area contributed by atoms with Crippen molar-refractivity contribution in [3.8, 4) is 0 Å². The van der Waals surface area contributed by atoms with Crippen LogP contribution in [-0.4, -0.2) is 28.1 Å². The minimum Gasteiger partial charge on any atom is -0.396 e. The lowest BCUT2D eigenvalue weighted by molar-refractivity contribution is 0.226. The maximum Gasteiger partial charge on any atom is 0.0589 e. The Morgan fingerprint density at radius 3 is 3.15 bits per heavy atom. The van der Waals surface area contributed by atoms with Crippen LogP contribution in [0.2, 0.25) is 0 Å². The SMILES string of the molecule is OCCCN1Cc2cccnc2C1. The third-order valence-corrected chi connectivity index (χ3v) is 2.38. The summed E-state index contributed by atoms with van der Waals surface area (Å²) in [5.74, 6) is 0. The number of aromatic nitrogens is 1. The largest absolute Gasteiger partial charge is 0.396 e. The summed E-state index contributed by atoms with van der Waals surface area (Å²) in [6.07, 6.45) is 2.70. The fourth-order valence-electron chi connectivity index (χ4n) is 1.72. The standard InChI is InChI=1S/C10H14N2O/c13-6-2-5-12-7-9-3-1-4-11-10(9)8-12/h1,3-4,13H,2,5-8H2. The number of nitrogens with zero attached hydrogens (tertiary/aromatic N) is 2. The van der Waals surface area contributed by atoms with Crippen molar-refractivity contribution in [2.75, 3.05) is 13.2 Å². The molecule has 13 heavy (non-hydrogen) atoms. The summed E-state index contributed by atoms with van der Waals surface area (Å²) in [6, 6.07) is 4.11. The van der Waals surface area contributed by atoms with E-state index in [2.05, 4.69) is 16.0 Å². The number of aliphatic hydroxyl groups excluding tert-OH is 1. The average molecular weight is 178 g/mol. The van der Waals surface area contributed by atoms with Gasteiger partial charge in [-0.1, -0.05) is 6.07 Å². The van der Waals surface area contributed by atoms with Gasteiger partial charge in [0.15, 0.2) is 0 Å². The van der Waals surface area contributed by atoms with Crippen LogP contribution in [0.4, 0.5) is 0 Å². The highest BCUT2D eigenvalue weighted by atomic mass is 16.3. The first kappa shape index (κ1) is 8.66. The average Bonchev–Trinajstić information content (AvgIpc) is 2.57. The van der Waals surface area contributed by atoms with Gasteiger partial charge in [-0.25, -0.2) is 0 Å². The molecule has 0 aliphatic carbocycles. The zero-order chi connectivity index (χ0) is 9.10. The van der Waals surface area contributed by atoms with Crippen molar-refractivity contribution in [2.45, 2.75) is 19.5 Å². The van der Waals surface area contributed by atoms with E-state index >= 15 is 0 Å². The molecule has 0 spiro atoms. The molecule has 0 unspecified atom stereocenters. The Morgan fingerprint density at radius 2 is 2.38 bits per heavy atom. The van der Waals surface area contributed by atoms with Crippen molar-refractivity contribution >= 4 is 0 Å². The molecule has 3 nitrogen and oxygen atoms in total. The zero-order valence-electron chi connectivity index (χ0n) is 7.61. The smallest absolute Gasteiger partial charge is 0.0589 e. The van der Waals surface area contributed by atoms with Crippen LogP contribution in [0.5, 0.6) is 0 Å². The summed E-state index contributed by atoms with van der Waals surface area (Å²) < 4.78 is 0. The van der Waals surface area contributed by atoms with Crippen LogP contribution in [0.15, 0.2) is 18.3 Å². The van der Waals surface area contributed by atoms with Crippen LogP contribution in [0, 0.1) is 0 Å². The molecule has 0 saturated heterocycles. The topological polar surface area (TPSA) is 36.4 Å². The van der Waals surface area contributed by atoms with Gasteiger partial charge in [-0.2, -0.15) is 0 Å². The highest BCUT2D eigenvalue weighted by Gasteiger charge is 2.18. The summed E-state index contributed by atoms with van der Waals surface area (Å²) in [5.41, 5.74) is 2.53. The van der Waals surface area contributed by atoms with Gasteiger partial charge in [-0.05, 0) is 18.1 Å². The summed E-state index contributed by atoms with van der Waals surface area (Å²) in [4.78, 5) is 6.63. The molecular formula is C10H14N2O. The maximum absolute atomic E-state index is 8.70. The number of hydrogen-bond acceptors (Lipinski definition) is 3. The van der Waals surface area contributed by atoms with E-state index in [1.165, 1.54) is 11.3 Å². The zero-order valence-corrected chi connectivity index (χ0v) is 7.61. The van der Waals surface area contributed by atoms with E-state index in [1.807, 2.05) is 12.3 Å². The number of fused-ring (bicyclic) bond motifs is 1. The van der Waals surface area contributed by atoms with Gasteiger partial charge >= 0.3 is 0 Å². The van der Waals surface area contributed by atoms with Crippen molar-refractivity contribution in [2.24, 2.45) is 0 Å². The third-order valence-electron chi connectivity index (χ3n) is 2.38. The molecule has 3 heteroatoms. The lowest BCUT2D eigenvalue weighted by Crippen LogP contribution is -2.18. The van der Waals surface area contributed by atoms with Gasteiger partial charge in [0, 0.05) is 32.4 Å². The molecule has 1 aliphatic heterocycles. The van der Waals surface area contributed by atoms with E-state index in [4.69, 9.17) is 5.11 Å². The Kier molecular flexibility index (Phi) is 2.57. The number of hydrogen-bond donors (Lipinski definition) is 1. The van der Waals surface area contributed by atoms with Crippen molar-refractivity contribution in [1.82, 2.24) is 9.88 Å². The number of aliphatic hydroxyl groups is 1. The fourth-order valence-corrected chi connectivity index (χ4v) is 1.72. The molecule has 1 N–H and O–H groups in total. The second-order valence-electron chi connectivity index (χ2n) is 3.40. The minimum absolute atomic E-state index is 0.278. The van der Waals surface area contributed by atoms with Crippen LogP contribution in [0.25, 0.3) is 0 Å². The molecule has 0 radical (unpaired) electrons. The van der Waals surface area contributed by atoms with Gasteiger partial charge in [0.2, 0.25) is 0 Å². The predicted octanol–water partition coefficient (Wildman–Crippen LogP) is 0.780. The van der Waals surface area contributed by atoms with E-state index in [0.717, 1.165) is 26.1 Å². The number of pyridine rings is 1. The second kappa shape index (κ2) is 3.85. The predicted molar refractivity (Wildman–Crippen MR) is 50.1 cm³/mol. The Morgan fingerprint density at radius 1 is 1.46 bits per heavy atom. The lowest BCUT2D eigenvalue weighted by Gasteiger charge is -2.12. The molecule has 0 aromatic carbocycles. The van der Waals surface area contributed by atoms with Crippen LogP contribution in [-0.2, 0) is 13.1 Å². The molecule has 0 saturated carbocycles. The van der Waals surface area contributed by atoms with Gasteiger partial charge in [0.05, 0.1) is 5.69 Å². The normalized spacial score (nSPS) is 16.1. The molecule has 0 bridgehead atoms. The van der Waals surface area contributed by atoms with Gasteiger partial charge < -0.3 is 5.11 Å². The van der Waals surface area contributed by atoms with Gasteiger partial charge in [0.1, 0.15) is 0 Å². The van der Waals surface area contributed by atoms with Crippen LogP contribution >= 0.6 is 0 Å². The van der Waals surface area contributed by atoms with Crippen LogP contribution in [0.1, 0.15) is 17.7 Å². The Bertz CT molecular complexity index is 263. The van der Waals surface area contributed by atoms with Crippen molar-refractivity contribution in [3.63, 3.8) is 0 Å². The highest BCUT2D eigenvalue weighted by Crippen LogP contribution is 2.19. The van der Waals surface area contributed by atoms with E-state index < -0.39 is 0 Å². The molecule has 1 aliphatic rings. The molecule has 2 rings (SSSR count). The van der Waals surface area contributed by atoms with Crippen LogP contribution < -0.4 is 0 Å². The Hall–Kier alpha value is -0.930. The first-order valence-electron chi connectivity index (χ1n) is 4.66. The summed E-state index contributed by atoms with van der Waals surface area (Å²) >= 11 is 0. The first-order chi connectivity index (χ1) is 6.40. The second-order valence-corrected chi connectivity index (χ2v) is 3.40. The van der Waals surface area contributed by atoms with Gasteiger partial charge in [0.25, 0.3) is 0 Å². The quantitative estimate of drug-likeness (QED) is 0.743. The van der Waals surface area contributed by atoms with E-state index in [-0.39, 0.29) is 6.61 Å². The summed E-state index contributed by atoms with van der Waals surface area (Å²) in [7, 11) is 0. The third kappa shape index (κ3) is 1.87. The fraction of sp³-hybridized carbons (Fsp3) is 0.500. The molecule has 0 atom stereocenters. The lowest BCUT2D eigenvalue weighted by atomic mass is 10.2. The maximum atomic E-state index is 8.70. The van der Waals surface area contributed by atoms with Crippen molar-refractivity contribution in [1.29, 1.82) is 0 Å². The minimum atomic E-state index is 0.278. The molecule has 1 aromatic rings. The molecule has 0 fully saturated rings. The highest BCUT2D eigenvalue weighted by molar-refractivity contribution is 5.23. The number of rotatable bonds is 3. The Balaban J connectivity index is 1.97. The summed E-state index contributed by atoms with van der Waals surface area (Å²) in [6.45, 7) is 3.17. The molecule has 0 amide bonds. The van der Waals surface area contributed by atoms with E-state index in [1.54, 1.807) is 0 Å². The monoisotopic (exact) mass is 178 g/mol. The van der Waals surface area contributed by atoms with Gasteiger partial charge in [-0.3, -0.25) is 9.88 Å². The molecule has 1 aromatic heterocycles. The van der Waals surface area contributed by atoms with E-state index in [9.17, 15) is 0 Å². The van der Waals surface area contributed by atoms with Crippen molar-refractivity contribution in [3.05, 3.63) is 29.6 Å².